The third-order valence-electron chi connectivity index (χ3n) is 2.19. The fourth-order valence-electron chi connectivity index (χ4n) is 1.28. The van der Waals surface area contributed by atoms with Gasteiger partial charge in [-0.1, -0.05) is 11.8 Å². The lowest BCUT2D eigenvalue weighted by molar-refractivity contribution is -0.139. The SMILES string of the molecule is COC(=O)CNS(=O)(=O)c1ccc(F)cc1C#CCN. The van der Waals surface area contributed by atoms with Crippen LogP contribution in [0.25, 0.3) is 0 Å². The van der Waals surface area contributed by atoms with Crippen LogP contribution >= 0.6 is 0 Å². The summed E-state index contributed by atoms with van der Waals surface area (Å²) in [5.74, 6) is 3.55. The molecular formula is C12H13FN2O4S. The van der Waals surface area contributed by atoms with Crippen molar-refractivity contribution >= 4 is 16.0 Å². The van der Waals surface area contributed by atoms with Crippen molar-refractivity contribution in [1.29, 1.82) is 0 Å². The normalized spacial score (nSPS) is 10.6. The largest absolute Gasteiger partial charge is 0.468 e. The molecular weight excluding hydrogens is 287 g/mol. The number of hydrogen-bond donors (Lipinski definition) is 2. The van der Waals surface area contributed by atoms with E-state index in [-0.39, 0.29) is 17.0 Å². The Balaban J connectivity index is 3.14. The molecule has 0 saturated carbocycles. The molecule has 0 unspecified atom stereocenters. The third-order valence-corrected chi connectivity index (χ3v) is 3.65. The summed E-state index contributed by atoms with van der Waals surface area (Å²) < 4.78 is 43.5. The van der Waals surface area contributed by atoms with Crippen molar-refractivity contribution in [2.45, 2.75) is 4.90 Å². The molecule has 0 saturated heterocycles. The number of esters is 1. The van der Waals surface area contributed by atoms with E-state index in [1.807, 2.05) is 4.72 Å². The number of halogens is 1. The molecule has 1 rings (SSSR count). The average molecular weight is 300 g/mol. The van der Waals surface area contributed by atoms with Gasteiger partial charge in [-0.3, -0.25) is 4.79 Å². The first-order valence-corrected chi connectivity index (χ1v) is 6.94. The van der Waals surface area contributed by atoms with Gasteiger partial charge in [0.25, 0.3) is 0 Å². The Hall–Kier alpha value is -1.95. The van der Waals surface area contributed by atoms with Crippen LogP contribution in [0.5, 0.6) is 0 Å². The first kappa shape index (κ1) is 16.1. The van der Waals surface area contributed by atoms with Gasteiger partial charge >= 0.3 is 5.97 Å². The number of carbonyl (C=O) groups is 1. The maximum absolute atomic E-state index is 13.1. The van der Waals surface area contributed by atoms with Crippen molar-refractivity contribution in [1.82, 2.24) is 4.72 Å². The standard InChI is InChI=1S/C12H13FN2O4S/c1-19-12(16)8-15-20(17,18)11-5-4-10(13)7-9(11)3-2-6-14/h4-5,7,15H,6,8,14H2,1H3. The fourth-order valence-corrected chi connectivity index (χ4v) is 2.39. The smallest absolute Gasteiger partial charge is 0.320 e. The molecule has 0 atom stereocenters. The molecule has 0 radical (unpaired) electrons. The van der Waals surface area contributed by atoms with Crippen molar-refractivity contribution in [3.63, 3.8) is 0 Å². The second kappa shape index (κ2) is 7.00. The molecule has 3 N–H and O–H groups in total. The quantitative estimate of drug-likeness (QED) is 0.582. The molecule has 0 spiro atoms. The summed E-state index contributed by atoms with van der Waals surface area (Å²) in [6.07, 6.45) is 0. The van der Waals surface area contributed by atoms with E-state index < -0.39 is 28.4 Å². The lowest BCUT2D eigenvalue weighted by Crippen LogP contribution is -2.30. The zero-order valence-corrected chi connectivity index (χ0v) is 11.5. The second-order valence-corrected chi connectivity index (χ2v) is 5.28. The van der Waals surface area contributed by atoms with E-state index in [1.165, 1.54) is 0 Å². The third kappa shape index (κ3) is 4.31. The number of methoxy groups -OCH3 is 1. The lowest BCUT2D eigenvalue weighted by atomic mass is 10.2. The van der Waals surface area contributed by atoms with Crippen LogP contribution in [0, 0.1) is 17.7 Å². The first-order chi connectivity index (χ1) is 9.40. The second-order valence-electron chi connectivity index (χ2n) is 3.55. The van der Waals surface area contributed by atoms with Gasteiger partial charge in [-0.2, -0.15) is 4.72 Å². The highest BCUT2D eigenvalue weighted by Crippen LogP contribution is 2.16. The summed E-state index contributed by atoms with van der Waals surface area (Å²) >= 11 is 0. The molecule has 6 nitrogen and oxygen atoms in total. The van der Waals surface area contributed by atoms with Gasteiger partial charge in [0, 0.05) is 5.56 Å². The summed E-state index contributed by atoms with van der Waals surface area (Å²) in [5.41, 5.74) is 5.16. The Kier molecular flexibility index (Phi) is 5.64. The molecule has 0 fully saturated rings. The molecule has 0 aromatic heterocycles. The number of rotatable bonds is 4. The van der Waals surface area contributed by atoms with Crippen LogP contribution in [0.1, 0.15) is 5.56 Å². The van der Waals surface area contributed by atoms with E-state index in [0.29, 0.717) is 0 Å². The van der Waals surface area contributed by atoms with Gasteiger partial charge in [-0.05, 0) is 18.2 Å². The highest BCUT2D eigenvalue weighted by molar-refractivity contribution is 7.89. The van der Waals surface area contributed by atoms with Crippen LogP contribution in [0.3, 0.4) is 0 Å². The van der Waals surface area contributed by atoms with Gasteiger partial charge in [0.15, 0.2) is 0 Å². The minimum absolute atomic E-state index is 0.00555. The van der Waals surface area contributed by atoms with E-state index in [1.54, 1.807) is 0 Å². The molecule has 1 aromatic carbocycles. The van der Waals surface area contributed by atoms with Crippen molar-refractivity contribution in [2.75, 3.05) is 20.2 Å². The predicted octanol–water partition coefficient (Wildman–Crippen LogP) is -0.413. The van der Waals surface area contributed by atoms with Gasteiger partial charge in [0.1, 0.15) is 12.4 Å². The van der Waals surface area contributed by atoms with E-state index in [0.717, 1.165) is 25.3 Å². The highest BCUT2D eigenvalue weighted by Gasteiger charge is 2.19. The first-order valence-electron chi connectivity index (χ1n) is 5.45. The fraction of sp³-hybridized carbons (Fsp3) is 0.250. The van der Waals surface area contributed by atoms with E-state index in [4.69, 9.17) is 5.73 Å². The molecule has 108 valence electrons. The zero-order chi connectivity index (χ0) is 15.2. The number of benzene rings is 1. The molecule has 20 heavy (non-hydrogen) atoms. The predicted molar refractivity (Wildman–Crippen MR) is 69.5 cm³/mol. The Bertz CT molecular complexity index is 662. The summed E-state index contributed by atoms with van der Waals surface area (Å²) in [6.45, 7) is -0.522. The summed E-state index contributed by atoms with van der Waals surface area (Å²) in [7, 11) is -2.87. The van der Waals surface area contributed by atoms with Gasteiger partial charge in [-0.15, -0.1) is 0 Å². The molecule has 0 aliphatic carbocycles. The highest BCUT2D eigenvalue weighted by atomic mass is 32.2. The lowest BCUT2D eigenvalue weighted by Gasteiger charge is -2.08. The van der Waals surface area contributed by atoms with Crippen LogP contribution in [0.4, 0.5) is 4.39 Å². The van der Waals surface area contributed by atoms with E-state index in [9.17, 15) is 17.6 Å². The van der Waals surface area contributed by atoms with E-state index in [2.05, 4.69) is 16.6 Å². The summed E-state index contributed by atoms with van der Waals surface area (Å²) in [4.78, 5) is 10.7. The minimum atomic E-state index is -4.00. The molecule has 1 aromatic rings. The molecule has 0 aliphatic rings. The Morgan fingerprint density at radius 3 is 2.80 bits per heavy atom. The number of nitrogens with two attached hydrogens (primary N) is 1. The molecule has 0 bridgehead atoms. The van der Waals surface area contributed by atoms with Gasteiger partial charge in [0.2, 0.25) is 10.0 Å². The summed E-state index contributed by atoms with van der Waals surface area (Å²) in [6, 6.07) is 3.03. The van der Waals surface area contributed by atoms with Crippen molar-refractivity contribution in [3.05, 3.63) is 29.6 Å². The number of nitrogens with one attached hydrogen (secondary N) is 1. The van der Waals surface area contributed by atoms with Gasteiger partial charge in [-0.25, -0.2) is 12.8 Å². The van der Waals surface area contributed by atoms with Crippen molar-refractivity contribution in [2.24, 2.45) is 5.73 Å². The van der Waals surface area contributed by atoms with Gasteiger partial charge in [0.05, 0.1) is 18.6 Å². The zero-order valence-electron chi connectivity index (χ0n) is 10.6. The molecule has 0 aliphatic heterocycles. The monoisotopic (exact) mass is 300 g/mol. The Labute approximate surface area is 116 Å². The van der Waals surface area contributed by atoms with E-state index >= 15 is 0 Å². The Morgan fingerprint density at radius 2 is 2.20 bits per heavy atom. The maximum Gasteiger partial charge on any atom is 0.320 e. The average Bonchev–Trinajstić information content (AvgIpc) is 2.42. The maximum atomic E-state index is 13.1. The van der Waals surface area contributed by atoms with Crippen LogP contribution in [0.2, 0.25) is 0 Å². The Morgan fingerprint density at radius 1 is 1.50 bits per heavy atom. The number of hydrogen-bond acceptors (Lipinski definition) is 5. The van der Waals surface area contributed by atoms with Crippen LogP contribution in [0.15, 0.2) is 23.1 Å². The van der Waals surface area contributed by atoms with Crippen LogP contribution in [-0.4, -0.2) is 34.6 Å². The molecule has 0 heterocycles. The van der Waals surface area contributed by atoms with Crippen molar-refractivity contribution < 1.29 is 22.3 Å². The number of carbonyl (C=O) groups excluding carboxylic acids is 1. The summed E-state index contributed by atoms with van der Waals surface area (Å²) in [5, 5.41) is 0. The molecule has 8 heteroatoms. The van der Waals surface area contributed by atoms with Crippen LogP contribution < -0.4 is 10.5 Å². The molecule has 0 amide bonds. The van der Waals surface area contributed by atoms with Crippen LogP contribution in [-0.2, 0) is 19.6 Å². The minimum Gasteiger partial charge on any atom is -0.468 e. The number of sulfonamides is 1. The van der Waals surface area contributed by atoms with Gasteiger partial charge < -0.3 is 10.5 Å². The topological polar surface area (TPSA) is 98.5 Å². The van der Waals surface area contributed by atoms with Crippen molar-refractivity contribution in [3.8, 4) is 11.8 Å². The number of ether oxygens (including phenoxy) is 1.